The normalized spacial score (nSPS) is 25.3. The minimum Gasteiger partial charge on any atom is -0.466 e. The van der Waals surface area contributed by atoms with Crippen LogP contribution < -0.4 is 0 Å². The number of carbonyl (C=O) groups is 1. The predicted molar refractivity (Wildman–Crippen MR) is 71.5 cm³/mol. The van der Waals surface area contributed by atoms with Gasteiger partial charge in [0.25, 0.3) is 0 Å². The molecule has 2 aromatic rings. The van der Waals surface area contributed by atoms with Crippen LogP contribution in [0.15, 0.2) is 42.5 Å². The predicted octanol–water partition coefficient (Wildman–Crippen LogP) is 3.59. The highest BCUT2D eigenvalue weighted by atomic mass is 19.1. The Morgan fingerprint density at radius 2 is 2.05 bits per heavy atom. The fourth-order valence-corrected chi connectivity index (χ4v) is 2.64. The summed E-state index contributed by atoms with van der Waals surface area (Å²) in [5.41, 5.74) is -0.962. The van der Waals surface area contributed by atoms with Crippen LogP contribution >= 0.6 is 0 Å². The number of rotatable bonds is 3. The van der Waals surface area contributed by atoms with Crippen LogP contribution in [0, 0.1) is 5.92 Å². The first-order valence-corrected chi connectivity index (χ1v) is 6.50. The second-order valence-electron chi connectivity index (χ2n) is 4.90. The molecular formula is C16H15FO2. The second-order valence-corrected chi connectivity index (χ2v) is 4.90. The van der Waals surface area contributed by atoms with Gasteiger partial charge in [-0.2, -0.15) is 0 Å². The Kier molecular flexibility index (Phi) is 2.77. The van der Waals surface area contributed by atoms with Crippen molar-refractivity contribution in [3.05, 3.63) is 48.0 Å². The lowest BCUT2D eigenvalue weighted by molar-refractivity contribution is -0.145. The third-order valence-electron chi connectivity index (χ3n) is 3.70. The van der Waals surface area contributed by atoms with E-state index in [9.17, 15) is 9.18 Å². The van der Waals surface area contributed by atoms with Crippen LogP contribution in [0.1, 0.15) is 18.9 Å². The molecule has 2 unspecified atom stereocenters. The third-order valence-corrected chi connectivity index (χ3v) is 3.70. The molecule has 0 saturated heterocycles. The molecule has 3 rings (SSSR count). The Balaban J connectivity index is 2.00. The van der Waals surface area contributed by atoms with E-state index in [1.165, 1.54) is 0 Å². The van der Waals surface area contributed by atoms with Gasteiger partial charge in [-0.25, -0.2) is 4.39 Å². The summed E-state index contributed by atoms with van der Waals surface area (Å²) in [5, 5.41) is 1.87. The number of fused-ring (bicyclic) bond motifs is 1. The summed E-state index contributed by atoms with van der Waals surface area (Å²) in [6, 6.07) is 13.2. The summed E-state index contributed by atoms with van der Waals surface area (Å²) in [4.78, 5) is 11.7. The quantitative estimate of drug-likeness (QED) is 0.786. The van der Waals surface area contributed by atoms with Crippen LogP contribution in [-0.2, 0) is 15.2 Å². The SMILES string of the molecule is CCOC(=O)C1CC1(F)c1cccc2ccccc12. The molecule has 0 N–H and O–H groups in total. The van der Waals surface area contributed by atoms with Gasteiger partial charge in [-0.3, -0.25) is 4.79 Å². The molecule has 0 radical (unpaired) electrons. The average molecular weight is 258 g/mol. The Hall–Kier alpha value is -1.90. The smallest absolute Gasteiger partial charge is 0.312 e. The number of esters is 1. The van der Waals surface area contributed by atoms with E-state index in [1.807, 2.05) is 36.4 Å². The lowest BCUT2D eigenvalue weighted by Crippen LogP contribution is -2.13. The van der Waals surface area contributed by atoms with E-state index in [2.05, 4.69) is 0 Å². The lowest BCUT2D eigenvalue weighted by Gasteiger charge is -2.11. The number of hydrogen-bond donors (Lipinski definition) is 0. The lowest BCUT2D eigenvalue weighted by atomic mass is 9.98. The number of ether oxygens (including phenoxy) is 1. The van der Waals surface area contributed by atoms with Crippen molar-refractivity contribution < 1.29 is 13.9 Å². The topological polar surface area (TPSA) is 26.3 Å². The molecular weight excluding hydrogens is 243 g/mol. The fraction of sp³-hybridized carbons (Fsp3) is 0.312. The van der Waals surface area contributed by atoms with Gasteiger partial charge in [0.15, 0.2) is 5.67 Å². The largest absolute Gasteiger partial charge is 0.466 e. The fourth-order valence-electron chi connectivity index (χ4n) is 2.64. The number of halogens is 1. The molecule has 1 fully saturated rings. The summed E-state index contributed by atoms with van der Waals surface area (Å²) < 4.78 is 19.8. The molecule has 19 heavy (non-hydrogen) atoms. The zero-order valence-electron chi connectivity index (χ0n) is 10.7. The number of benzene rings is 2. The van der Waals surface area contributed by atoms with Crippen molar-refractivity contribution >= 4 is 16.7 Å². The van der Waals surface area contributed by atoms with Crippen LogP contribution in [0.25, 0.3) is 10.8 Å². The summed E-state index contributed by atoms with van der Waals surface area (Å²) in [7, 11) is 0. The molecule has 2 nitrogen and oxygen atoms in total. The Morgan fingerprint density at radius 1 is 1.32 bits per heavy atom. The van der Waals surface area contributed by atoms with Gasteiger partial charge < -0.3 is 4.74 Å². The van der Waals surface area contributed by atoms with Gasteiger partial charge in [0, 0.05) is 6.42 Å². The Labute approximate surface area is 111 Å². The molecule has 0 aromatic heterocycles. The van der Waals surface area contributed by atoms with Crippen molar-refractivity contribution in [3.8, 4) is 0 Å². The maximum Gasteiger partial charge on any atom is 0.312 e. The minimum absolute atomic E-state index is 0.222. The van der Waals surface area contributed by atoms with Crippen LogP contribution in [0.4, 0.5) is 4.39 Å². The van der Waals surface area contributed by atoms with E-state index in [4.69, 9.17) is 4.74 Å². The van der Waals surface area contributed by atoms with Gasteiger partial charge in [0.05, 0.1) is 12.5 Å². The maximum atomic E-state index is 14.9. The van der Waals surface area contributed by atoms with Crippen molar-refractivity contribution in [3.63, 3.8) is 0 Å². The van der Waals surface area contributed by atoms with Crippen molar-refractivity contribution in [2.75, 3.05) is 6.61 Å². The molecule has 2 aromatic carbocycles. The van der Waals surface area contributed by atoms with E-state index >= 15 is 0 Å². The molecule has 0 amide bonds. The van der Waals surface area contributed by atoms with Crippen LogP contribution in [0.5, 0.6) is 0 Å². The van der Waals surface area contributed by atoms with Crippen LogP contribution in [0.3, 0.4) is 0 Å². The van der Waals surface area contributed by atoms with Gasteiger partial charge in [-0.15, -0.1) is 0 Å². The first-order valence-electron chi connectivity index (χ1n) is 6.50. The zero-order valence-corrected chi connectivity index (χ0v) is 10.7. The highest BCUT2D eigenvalue weighted by molar-refractivity contribution is 5.89. The van der Waals surface area contributed by atoms with Gasteiger partial charge in [-0.05, 0) is 23.3 Å². The van der Waals surface area contributed by atoms with Gasteiger partial charge in [0.2, 0.25) is 0 Å². The Morgan fingerprint density at radius 3 is 2.84 bits per heavy atom. The van der Waals surface area contributed by atoms with Crippen molar-refractivity contribution in [2.45, 2.75) is 19.0 Å². The summed E-state index contributed by atoms with van der Waals surface area (Å²) in [5.74, 6) is -1.09. The molecule has 98 valence electrons. The van der Waals surface area contributed by atoms with Crippen LogP contribution in [0.2, 0.25) is 0 Å². The maximum absolute atomic E-state index is 14.9. The van der Waals surface area contributed by atoms with E-state index in [1.54, 1.807) is 13.0 Å². The highest BCUT2D eigenvalue weighted by Gasteiger charge is 2.62. The Bertz CT molecular complexity index is 632. The molecule has 3 heteroatoms. The number of hydrogen-bond acceptors (Lipinski definition) is 2. The molecule has 0 heterocycles. The molecule has 0 spiro atoms. The monoisotopic (exact) mass is 258 g/mol. The van der Waals surface area contributed by atoms with Gasteiger partial charge in [0.1, 0.15) is 0 Å². The van der Waals surface area contributed by atoms with Gasteiger partial charge >= 0.3 is 5.97 Å². The first-order chi connectivity index (χ1) is 9.16. The second kappa shape index (κ2) is 4.34. The summed E-state index contributed by atoms with van der Waals surface area (Å²) in [6.07, 6.45) is 0.222. The summed E-state index contributed by atoms with van der Waals surface area (Å²) >= 11 is 0. The van der Waals surface area contributed by atoms with Gasteiger partial charge in [-0.1, -0.05) is 42.5 Å². The van der Waals surface area contributed by atoms with E-state index in [-0.39, 0.29) is 6.42 Å². The number of alkyl halides is 1. The molecule has 1 aliphatic rings. The van der Waals surface area contributed by atoms with E-state index < -0.39 is 17.6 Å². The first kappa shape index (κ1) is 12.2. The molecule has 1 saturated carbocycles. The standard InChI is InChI=1S/C16H15FO2/c1-2-19-15(18)14-10-16(14,17)13-9-5-7-11-6-3-4-8-12(11)13/h3-9,14H,2,10H2,1H3. The molecule has 0 aliphatic heterocycles. The number of carbonyl (C=O) groups excluding carboxylic acids is 1. The minimum atomic E-state index is -1.56. The molecule has 1 aliphatic carbocycles. The molecule has 2 atom stereocenters. The van der Waals surface area contributed by atoms with E-state index in [0.717, 1.165) is 10.8 Å². The molecule has 0 bridgehead atoms. The van der Waals surface area contributed by atoms with E-state index in [0.29, 0.717) is 12.2 Å². The van der Waals surface area contributed by atoms with Crippen LogP contribution in [-0.4, -0.2) is 12.6 Å². The van der Waals surface area contributed by atoms with Crippen molar-refractivity contribution in [1.29, 1.82) is 0 Å². The highest BCUT2D eigenvalue weighted by Crippen LogP contribution is 2.57. The summed E-state index contributed by atoms with van der Waals surface area (Å²) in [6.45, 7) is 2.03. The van der Waals surface area contributed by atoms with Crippen molar-refractivity contribution in [1.82, 2.24) is 0 Å². The zero-order chi connectivity index (χ0) is 13.5. The third kappa shape index (κ3) is 1.89. The van der Waals surface area contributed by atoms with Crippen molar-refractivity contribution in [2.24, 2.45) is 5.92 Å². The average Bonchev–Trinajstić information content (AvgIpc) is 3.12.